The Morgan fingerprint density at radius 3 is 2.60 bits per heavy atom. The van der Waals surface area contributed by atoms with Gasteiger partial charge in [0.05, 0.1) is 47.1 Å². The Kier molecular flexibility index (Phi) is 10.5. The molecule has 3 N–H and O–H groups in total. The van der Waals surface area contributed by atoms with Crippen molar-refractivity contribution >= 4 is 32.7 Å². The molecule has 1 aliphatic heterocycles. The summed E-state index contributed by atoms with van der Waals surface area (Å²) < 4.78 is 40.9. The van der Waals surface area contributed by atoms with Crippen LogP contribution in [0.5, 0.6) is 0 Å². The number of sulfonamides is 1. The number of nitrogens with one attached hydrogen (secondary N) is 2. The van der Waals surface area contributed by atoms with Crippen molar-refractivity contribution in [2.45, 2.75) is 43.4 Å². The fraction of sp³-hybridized carbons (Fsp3) is 0.394. The molecule has 1 aliphatic rings. The molecule has 45 heavy (non-hydrogen) atoms. The van der Waals surface area contributed by atoms with Crippen LogP contribution in [-0.4, -0.2) is 85.5 Å². The molecule has 4 aromatic rings. The summed E-state index contributed by atoms with van der Waals surface area (Å²) in [6.45, 7) is 9.22. The molecular weight excluding hydrogens is 594 g/mol. The number of morpholine rings is 1. The van der Waals surface area contributed by atoms with E-state index in [0.717, 1.165) is 30.5 Å². The van der Waals surface area contributed by atoms with Crippen molar-refractivity contribution in [3.8, 4) is 0 Å². The fourth-order valence-corrected chi connectivity index (χ4v) is 6.22. The van der Waals surface area contributed by atoms with E-state index in [2.05, 4.69) is 33.8 Å². The number of aryl methyl sites for hydroxylation is 1. The molecule has 12 heteroatoms. The number of carbonyl (C=O) groups is 1. The van der Waals surface area contributed by atoms with Gasteiger partial charge in [0, 0.05) is 44.0 Å². The minimum atomic E-state index is -3.73. The highest BCUT2D eigenvalue weighted by Gasteiger charge is 2.21. The summed E-state index contributed by atoms with van der Waals surface area (Å²) in [5.41, 5.74) is 2.78. The number of carbonyl (C=O) groups excluding carboxylic acids is 1. The van der Waals surface area contributed by atoms with E-state index in [4.69, 9.17) is 9.47 Å². The number of aliphatic hydroxyl groups excluding tert-OH is 1. The van der Waals surface area contributed by atoms with E-state index in [1.54, 1.807) is 60.9 Å². The molecule has 1 atom stereocenters. The van der Waals surface area contributed by atoms with Gasteiger partial charge >= 0.3 is 5.97 Å². The van der Waals surface area contributed by atoms with Crippen LogP contribution >= 0.6 is 0 Å². The van der Waals surface area contributed by atoms with Crippen molar-refractivity contribution in [2.24, 2.45) is 0 Å². The minimum absolute atomic E-state index is 0.170. The van der Waals surface area contributed by atoms with E-state index >= 15 is 0 Å². The molecule has 0 aliphatic carbocycles. The zero-order chi connectivity index (χ0) is 31.9. The van der Waals surface area contributed by atoms with Crippen LogP contribution in [0.3, 0.4) is 0 Å². The lowest BCUT2D eigenvalue weighted by atomic mass is 9.99. The van der Waals surface area contributed by atoms with Gasteiger partial charge in [-0.3, -0.25) is 9.62 Å². The molecule has 1 aromatic heterocycles. The van der Waals surface area contributed by atoms with Crippen LogP contribution in [0.2, 0.25) is 0 Å². The van der Waals surface area contributed by atoms with Gasteiger partial charge in [0.1, 0.15) is 6.61 Å². The summed E-state index contributed by atoms with van der Waals surface area (Å²) in [5.74, 6) is -0.359. The van der Waals surface area contributed by atoms with Gasteiger partial charge in [0.25, 0.3) is 10.0 Å². The lowest BCUT2D eigenvalue weighted by molar-refractivity contribution is 0.0195. The highest BCUT2D eigenvalue weighted by atomic mass is 32.2. The zero-order valence-electron chi connectivity index (χ0n) is 25.7. The third kappa shape index (κ3) is 8.89. The summed E-state index contributed by atoms with van der Waals surface area (Å²) in [6.07, 6.45) is 1.67. The number of benzene rings is 3. The Morgan fingerprint density at radius 2 is 1.82 bits per heavy atom. The van der Waals surface area contributed by atoms with E-state index in [-0.39, 0.29) is 22.9 Å². The van der Waals surface area contributed by atoms with Gasteiger partial charge in [0.15, 0.2) is 0 Å². The zero-order valence-corrected chi connectivity index (χ0v) is 26.5. The predicted octanol–water partition coefficient (Wildman–Crippen LogP) is 3.82. The molecule has 5 rings (SSSR count). The summed E-state index contributed by atoms with van der Waals surface area (Å²) in [6, 6.07) is 20.4. The van der Waals surface area contributed by atoms with Gasteiger partial charge in [-0.05, 0) is 68.3 Å². The molecule has 0 unspecified atom stereocenters. The number of esters is 1. The van der Waals surface area contributed by atoms with Crippen LogP contribution < -0.4 is 10.0 Å². The molecule has 3 aromatic carbocycles. The predicted molar refractivity (Wildman–Crippen MR) is 173 cm³/mol. The number of nitrogens with zero attached hydrogens (tertiary/aromatic N) is 3. The van der Waals surface area contributed by atoms with Crippen molar-refractivity contribution in [3.63, 3.8) is 0 Å². The van der Waals surface area contributed by atoms with Gasteiger partial charge < -0.3 is 24.5 Å². The van der Waals surface area contributed by atoms with Crippen molar-refractivity contribution in [2.75, 3.05) is 50.7 Å². The Labute approximate surface area is 264 Å². The first kappa shape index (κ1) is 32.6. The number of hydrogen-bond acceptors (Lipinski definition) is 9. The Bertz CT molecular complexity index is 1690. The van der Waals surface area contributed by atoms with E-state index in [0.29, 0.717) is 49.7 Å². The van der Waals surface area contributed by atoms with Crippen LogP contribution in [0.25, 0.3) is 11.0 Å². The molecule has 0 spiro atoms. The number of aliphatic hydroxyl groups is 1. The summed E-state index contributed by atoms with van der Waals surface area (Å²) in [7, 11) is -3.73. The lowest BCUT2D eigenvalue weighted by Gasteiger charge is -2.28. The molecular formula is C33H41N5O6S. The summed E-state index contributed by atoms with van der Waals surface area (Å²) in [4.78, 5) is 19.5. The first-order valence-corrected chi connectivity index (χ1v) is 16.6. The summed E-state index contributed by atoms with van der Waals surface area (Å²) in [5, 5.41) is 14.3. The van der Waals surface area contributed by atoms with Gasteiger partial charge in [-0.15, -0.1) is 0 Å². The van der Waals surface area contributed by atoms with Crippen LogP contribution in [0.1, 0.15) is 42.3 Å². The summed E-state index contributed by atoms with van der Waals surface area (Å²) >= 11 is 0. The Hall–Kier alpha value is -3.81. The largest absolute Gasteiger partial charge is 0.461 e. The molecule has 0 amide bonds. The molecule has 240 valence electrons. The first-order chi connectivity index (χ1) is 21.6. The van der Waals surface area contributed by atoms with Gasteiger partial charge in [-0.1, -0.05) is 30.3 Å². The molecule has 0 bridgehead atoms. The third-order valence-corrected chi connectivity index (χ3v) is 9.33. The van der Waals surface area contributed by atoms with E-state index in [1.165, 1.54) is 12.1 Å². The number of ether oxygens (including phenoxy) is 2. The highest BCUT2D eigenvalue weighted by Crippen LogP contribution is 2.22. The smallest absolute Gasteiger partial charge is 0.338 e. The number of anilines is 1. The number of fused-ring (bicyclic) bond motifs is 1. The number of rotatable bonds is 14. The Balaban J connectivity index is 1.11. The van der Waals surface area contributed by atoms with Crippen LogP contribution in [0, 0.1) is 0 Å². The lowest BCUT2D eigenvalue weighted by Crippen LogP contribution is -2.42. The SMILES string of the molecule is CC(C)(CCn1cnc2cc(C(=O)OCCN3CCOCC3)ccc21)NC[C@H](O)c1cccc(NS(=O)(=O)c2ccccc2)c1. The second-order valence-corrected chi connectivity index (χ2v) is 13.5. The van der Waals surface area contributed by atoms with Crippen LogP contribution in [0.4, 0.5) is 5.69 Å². The highest BCUT2D eigenvalue weighted by molar-refractivity contribution is 7.92. The molecule has 0 radical (unpaired) electrons. The second-order valence-electron chi connectivity index (χ2n) is 11.8. The quantitative estimate of drug-likeness (QED) is 0.177. The van der Waals surface area contributed by atoms with Crippen LogP contribution in [-0.2, 0) is 26.0 Å². The maximum atomic E-state index is 12.7. The maximum absolute atomic E-state index is 12.7. The molecule has 1 saturated heterocycles. The van der Waals surface area contributed by atoms with Crippen molar-refractivity contribution in [1.82, 2.24) is 19.8 Å². The van der Waals surface area contributed by atoms with Crippen molar-refractivity contribution in [1.29, 1.82) is 0 Å². The second kappa shape index (κ2) is 14.5. The normalized spacial score (nSPS) is 15.2. The van der Waals surface area contributed by atoms with Crippen molar-refractivity contribution in [3.05, 3.63) is 90.3 Å². The van der Waals surface area contributed by atoms with Gasteiger partial charge in [-0.2, -0.15) is 0 Å². The number of aromatic nitrogens is 2. The van der Waals surface area contributed by atoms with Crippen LogP contribution in [0.15, 0.2) is 84.0 Å². The van der Waals surface area contributed by atoms with E-state index in [1.807, 2.05) is 10.6 Å². The molecule has 1 fully saturated rings. The average Bonchev–Trinajstić information content (AvgIpc) is 3.46. The number of β-amino-alcohol motifs (C(OH)–C–C–N with tert-alkyl or cyclic N) is 1. The minimum Gasteiger partial charge on any atom is -0.461 e. The first-order valence-electron chi connectivity index (χ1n) is 15.1. The maximum Gasteiger partial charge on any atom is 0.338 e. The fourth-order valence-electron chi connectivity index (χ4n) is 5.15. The average molecular weight is 636 g/mol. The molecule has 0 saturated carbocycles. The Morgan fingerprint density at radius 1 is 1.04 bits per heavy atom. The van der Waals surface area contributed by atoms with E-state index < -0.39 is 16.1 Å². The number of imidazole rings is 1. The topological polar surface area (TPSA) is 135 Å². The van der Waals surface area contributed by atoms with Gasteiger partial charge in [-0.25, -0.2) is 18.2 Å². The molecule has 2 heterocycles. The van der Waals surface area contributed by atoms with Crippen molar-refractivity contribution < 1.29 is 27.8 Å². The number of hydrogen-bond donors (Lipinski definition) is 3. The standard InChI is InChI=1S/C33H41N5O6S/c1-33(2,35-23-31(39)25-7-6-8-27(21-25)36-45(41,42)28-9-4-3-5-10-28)13-14-38-24-34-29-22-26(11-12-30(29)38)32(40)44-20-17-37-15-18-43-19-16-37/h3-12,21-22,24,31,35-36,39H,13-20,23H2,1-2H3/t31-/m0/s1. The molecule has 11 nitrogen and oxygen atoms in total. The van der Waals surface area contributed by atoms with Gasteiger partial charge in [0.2, 0.25) is 0 Å². The monoisotopic (exact) mass is 635 g/mol. The van der Waals surface area contributed by atoms with E-state index in [9.17, 15) is 18.3 Å². The third-order valence-electron chi connectivity index (χ3n) is 7.93.